The number of aromatic amines is 1. The monoisotopic (exact) mass is 264 g/mol. The summed E-state index contributed by atoms with van der Waals surface area (Å²) in [4.78, 5) is 21.3. The summed E-state index contributed by atoms with van der Waals surface area (Å²) in [6.07, 6.45) is 4.16. The van der Waals surface area contributed by atoms with E-state index in [0.717, 1.165) is 25.5 Å². The number of aromatic nitrogens is 2. The molecule has 0 spiro atoms. The highest BCUT2D eigenvalue weighted by Crippen LogP contribution is 2.22. The van der Waals surface area contributed by atoms with Crippen LogP contribution in [-0.2, 0) is 4.74 Å². The summed E-state index contributed by atoms with van der Waals surface area (Å²) in [6, 6.07) is 0.599. The highest BCUT2D eigenvalue weighted by atomic mass is 16.5. The van der Waals surface area contributed by atoms with E-state index in [1.165, 1.54) is 12.8 Å². The molecule has 2 saturated heterocycles. The predicted octanol–water partition coefficient (Wildman–Crippen LogP) is 0.311. The molecule has 1 aromatic rings. The molecule has 3 heterocycles. The van der Waals surface area contributed by atoms with E-state index in [4.69, 9.17) is 4.74 Å². The molecule has 2 atom stereocenters. The van der Waals surface area contributed by atoms with Crippen molar-refractivity contribution in [1.82, 2.24) is 20.2 Å². The van der Waals surface area contributed by atoms with Gasteiger partial charge in [-0.05, 0) is 26.3 Å². The van der Waals surface area contributed by atoms with Gasteiger partial charge in [0.2, 0.25) is 0 Å². The van der Waals surface area contributed by atoms with Crippen molar-refractivity contribution in [2.45, 2.75) is 31.9 Å². The fourth-order valence-corrected chi connectivity index (χ4v) is 2.85. The number of carbonyl (C=O) groups excluding carboxylic acids is 1. The van der Waals surface area contributed by atoms with Crippen LogP contribution in [0, 0.1) is 6.92 Å². The first-order valence-electron chi connectivity index (χ1n) is 6.88. The van der Waals surface area contributed by atoms with Gasteiger partial charge < -0.3 is 15.0 Å². The molecular formula is C13H20N4O2. The number of ether oxygens (including phenoxy) is 1. The molecule has 2 fully saturated rings. The second-order valence-electron chi connectivity index (χ2n) is 5.34. The van der Waals surface area contributed by atoms with Crippen molar-refractivity contribution < 1.29 is 9.53 Å². The lowest BCUT2D eigenvalue weighted by Crippen LogP contribution is -2.50. The quantitative estimate of drug-likeness (QED) is 0.824. The minimum absolute atomic E-state index is 0.0994. The molecule has 104 valence electrons. The third kappa shape index (κ3) is 2.79. The van der Waals surface area contributed by atoms with Crippen LogP contribution in [0.15, 0.2) is 6.20 Å². The van der Waals surface area contributed by atoms with E-state index in [2.05, 4.69) is 20.2 Å². The van der Waals surface area contributed by atoms with Gasteiger partial charge in [0.25, 0.3) is 5.91 Å². The van der Waals surface area contributed by atoms with E-state index in [-0.39, 0.29) is 12.0 Å². The molecule has 0 aromatic carbocycles. The summed E-state index contributed by atoms with van der Waals surface area (Å²) >= 11 is 0. The lowest BCUT2D eigenvalue weighted by Gasteiger charge is -2.35. The Morgan fingerprint density at radius 3 is 3.37 bits per heavy atom. The minimum atomic E-state index is -0.118. The number of rotatable bonds is 3. The Balaban J connectivity index is 1.48. The largest absolute Gasteiger partial charge is 0.373 e. The standard InChI is InChI=1S/C13H20N4O2/c1-9-14-6-12(16-9)13(18)15-5-11-7-17-4-2-3-10(17)8-19-11/h6,10-11H,2-5,7-8H2,1H3,(H,14,16)(H,15,18). The normalized spacial score (nSPS) is 27.2. The molecule has 0 bridgehead atoms. The number of aryl methyl sites for hydroxylation is 1. The topological polar surface area (TPSA) is 70.2 Å². The molecular weight excluding hydrogens is 244 g/mol. The number of imidazole rings is 1. The molecule has 19 heavy (non-hydrogen) atoms. The zero-order chi connectivity index (χ0) is 13.2. The van der Waals surface area contributed by atoms with Gasteiger partial charge in [-0.25, -0.2) is 4.98 Å². The maximum atomic E-state index is 11.9. The smallest absolute Gasteiger partial charge is 0.269 e. The first-order valence-corrected chi connectivity index (χ1v) is 6.88. The van der Waals surface area contributed by atoms with E-state index in [1.54, 1.807) is 6.20 Å². The van der Waals surface area contributed by atoms with Gasteiger partial charge in [0.15, 0.2) is 0 Å². The van der Waals surface area contributed by atoms with Gasteiger partial charge >= 0.3 is 0 Å². The van der Waals surface area contributed by atoms with Crippen LogP contribution in [0.5, 0.6) is 0 Å². The number of amides is 1. The Kier molecular flexibility index (Phi) is 3.52. The van der Waals surface area contributed by atoms with Gasteiger partial charge in [-0.2, -0.15) is 0 Å². The molecule has 0 radical (unpaired) electrons. The number of hydrogen-bond acceptors (Lipinski definition) is 4. The molecule has 3 rings (SSSR count). The van der Waals surface area contributed by atoms with Gasteiger partial charge in [-0.1, -0.05) is 0 Å². The fourth-order valence-electron chi connectivity index (χ4n) is 2.85. The van der Waals surface area contributed by atoms with E-state index in [1.807, 2.05) is 6.92 Å². The second kappa shape index (κ2) is 5.30. The second-order valence-corrected chi connectivity index (χ2v) is 5.34. The zero-order valence-corrected chi connectivity index (χ0v) is 11.2. The van der Waals surface area contributed by atoms with Crippen LogP contribution >= 0.6 is 0 Å². The molecule has 2 N–H and O–H groups in total. The summed E-state index contributed by atoms with van der Waals surface area (Å²) < 4.78 is 5.80. The highest BCUT2D eigenvalue weighted by molar-refractivity contribution is 5.92. The van der Waals surface area contributed by atoms with Crippen molar-refractivity contribution in [3.63, 3.8) is 0 Å². The van der Waals surface area contributed by atoms with Crippen LogP contribution in [0.1, 0.15) is 29.2 Å². The molecule has 2 unspecified atom stereocenters. The predicted molar refractivity (Wildman–Crippen MR) is 70.0 cm³/mol. The van der Waals surface area contributed by atoms with Crippen LogP contribution in [0.25, 0.3) is 0 Å². The van der Waals surface area contributed by atoms with Crippen molar-refractivity contribution in [3.8, 4) is 0 Å². The van der Waals surface area contributed by atoms with Crippen molar-refractivity contribution in [1.29, 1.82) is 0 Å². The molecule has 1 aromatic heterocycles. The number of fused-ring (bicyclic) bond motifs is 1. The van der Waals surface area contributed by atoms with Crippen LogP contribution < -0.4 is 5.32 Å². The van der Waals surface area contributed by atoms with Crippen molar-refractivity contribution >= 4 is 5.91 Å². The lowest BCUT2D eigenvalue weighted by molar-refractivity contribution is -0.0462. The molecule has 1 amide bonds. The SMILES string of the molecule is Cc1ncc(C(=O)NCC2CN3CCCC3CO2)[nH]1. The molecule has 0 saturated carbocycles. The first kappa shape index (κ1) is 12.6. The Morgan fingerprint density at radius 2 is 2.58 bits per heavy atom. The third-order valence-electron chi connectivity index (χ3n) is 3.90. The van der Waals surface area contributed by atoms with Crippen molar-refractivity contribution in [3.05, 3.63) is 17.7 Å². The molecule has 6 nitrogen and oxygen atoms in total. The number of hydrogen-bond donors (Lipinski definition) is 2. The number of nitrogens with zero attached hydrogens (tertiary/aromatic N) is 2. The number of H-pyrrole nitrogens is 1. The fraction of sp³-hybridized carbons (Fsp3) is 0.692. The Hall–Kier alpha value is -1.40. The summed E-state index contributed by atoms with van der Waals surface area (Å²) in [5.41, 5.74) is 0.507. The Labute approximate surface area is 112 Å². The van der Waals surface area contributed by atoms with Gasteiger partial charge in [0.05, 0.1) is 18.9 Å². The average molecular weight is 264 g/mol. The van der Waals surface area contributed by atoms with Gasteiger partial charge in [0, 0.05) is 19.1 Å². The Bertz CT molecular complexity index is 459. The number of morpholine rings is 1. The van der Waals surface area contributed by atoms with Crippen molar-refractivity contribution in [2.75, 3.05) is 26.2 Å². The summed E-state index contributed by atoms with van der Waals surface area (Å²) in [5, 5.41) is 2.90. The van der Waals surface area contributed by atoms with Crippen LogP contribution in [-0.4, -0.2) is 59.2 Å². The Morgan fingerprint density at radius 1 is 1.68 bits per heavy atom. The van der Waals surface area contributed by atoms with Gasteiger partial charge in [0.1, 0.15) is 11.5 Å². The maximum Gasteiger partial charge on any atom is 0.269 e. The summed E-state index contributed by atoms with van der Waals surface area (Å²) in [6.45, 7) is 5.27. The van der Waals surface area contributed by atoms with Crippen LogP contribution in [0.2, 0.25) is 0 Å². The van der Waals surface area contributed by atoms with Crippen LogP contribution in [0.3, 0.4) is 0 Å². The number of carbonyl (C=O) groups is 1. The van der Waals surface area contributed by atoms with Gasteiger partial charge in [-0.15, -0.1) is 0 Å². The molecule has 0 aliphatic carbocycles. The van der Waals surface area contributed by atoms with E-state index in [0.29, 0.717) is 18.3 Å². The van der Waals surface area contributed by atoms with E-state index >= 15 is 0 Å². The molecule has 2 aliphatic heterocycles. The highest BCUT2D eigenvalue weighted by Gasteiger charge is 2.32. The summed E-state index contributed by atoms with van der Waals surface area (Å²) in [7, 11) is 0. The molecule has 6 heteroatoms. The maximum absolute atomic E-state index is 11.9. The lowest BCUT2D eigenvalue weighted by atomic mass is 10.2. The first-order chi connectivity index (χ1) is 9.22. The van der Waals surface area contributed by atoms with Gasteiger partial charge in [-0.3, -0.25) is 9.69 Å². The van der Waals surface area contributed by atoms with Crippen molar-refractivity contribution in [2.24, 2.45) is 0 Å². The average Bonchev–Trinajstić information content (AvgIpc) is 3.03. The summed E-state index contributed by atoms with van der Waals surface area (Å²) in [5.74, 6) is 0.631. The third-order valence-corrected chi connectivity index (χ3v) is 3.90. The minimum Gasteiger partial charge on any atom is -0.373 e. The zero-order valence-electron chi connectivity index (χ0n) is 11.2. The van der Waals surface area contributed by atoms with E-state index < -0.39 is 0 Å². The molecule has 2 aliphatic rings. The number of nitrogens with one attached hydrogen (secondary N) is 2. The van der Waals surface area contributed by atoms with E-state index in [9.17, 15) is 4.79 Å². The van der Waals surface area contributed by atoms with Crippen LogP contribution in [0.4, 0.5) is 0 Å².